The Kier molecular flexibility index (Phi) is 7.98. The molecular weight excluding hydrogens is 504 g/mol. The summed E-state index contributed by atoms with van der Waals surface area (Å²) in [5.74, 6) is 1.10. The molecule has 4 aliphatic rings. The van der Waals surface area contributed by atoms with E-state index in [2.05, 4.69) is 15.0 Å². The van der Waals surface area contributed by atoms with Crippen LogP contribution in [0.1, 0.15) is 103 Å². The van der Waals surface area contributed by atoms with E-state index >= 15 is 0 Å². The van der Waals surface area contributed by atoms with Gasteiger partial charge in [-0.1, -0.05) is 43.0 Å². The van der Waals surface area contributed by atoms with Gasteiger partial charge in [0.25, 0.3) is 5.56 Å². The number of nitrogens with zero attached hydrogens (tertiary/aromatic N) is 4. The zero-order valence-corrected chi connectivity index (χ0v) is 24.3. The lowest BCUT2D eigenvalue weighted by Gasteiger charge is -2.48. The number of piperidine rings is 1. The fourth-order valence-corrected chi connectivity index (χ4v) is 8.31. The summed E-state index contributed by atoms with van der Waals surface area (Å²) in [6, 6.07) is 9.47. The highest BCUT2D eigenvalue weighted by atomic mass is 16.6. The van der Waals surface area contributed by atoms with Crippen molar-refractivity contribution >= 4 is 22.7 Å². The molecule has 1 aromatic heterocycles. The summed E-state index contributed by atoms with van der Waals surface area (Å²) in [6.45, 7) is 5.55. The third-order valence-electron chi connectivity index (χ3n) is 9.75. The summed E-state index contributed by atoms with van der Waals surface area (Å²) in [5.41, 5.74) is 1.03. The van der Waals surface area contributed by atoms with Gasteiger partial charge in [-0.25, -0.2) is 9.78 Å². The molecule has 0 radical (unpaired) electrons. The van der Waals surface area contributed by atoms with Crippen LogP contribution < -0.4 is 5.56 Å². The Labute approximate surface area is 237 Å². The smallest absolute Gasteiger partial charge is 0.362 e. The third kappa shape index (κ3) is 5.31. The van der Waals surface area contributed by atoms with Crippen LogP contribution in [0.25, 0.3) is 11.0 Å². The Morgan fingerprint density at radius 3 is 2.27 bits per heavy atom. The van der Waals surface area contributed by atoms with Crippen LogP contribution in [0.4, 0.5) is 0 Å². The van der Waals surface area contributed by atoms with E-state index in [0.29, 0.717) is 23.6 Å². The number of hydrogen-bond donors (Lipinski definition) is 0. The van der Waals surface area contributed by atoms with Crippen LogP contribution in [0.2, 0.25) is 0 Å². The van der Waals surface area contributed by atoms with E-state index in [-0.39, 0.29) is 35.7 Å². The number of oxime groups is 1. The van der Waals surface area contributed by atoms with E-state index in [0.717, 1.165) is 30.2 Å². The molecule has 3 heterocycles. The number of carbonyl (C=O) groups excluding carboxylic acids is 1. The van der Waals surface area contributed by atoms with Gasteiger partial charge in [-0.3, -0.25) is 9.69 Å². The second kappa shape index (κ2) is 11.6. The molecule has 2 saturated heterocycles. The first-order chi connectivity index (χ1) is 19.4. The van der Waals surface area contributed by atoms with Crippen molar-refractivity contribution in [3.8, 4) is 0 Å². The van der Waals surface area contributed by atoms with Gasteiger partial charge in [0.1, 0.15) is 6.10 Å². The normalized spacial score (nSPS) is 30.9. The van der Waals surface area contributed by atoms with Crippen molar-refractivity contribution in [2.45, 2.75) is 122 Å². The number of para-hydroxylation sites is 2. The summed E-state index contributed by atoms with van der Waals surface area (Å²) >= 11 is 0. The second-order valence-electron chi connectivity index (χ2n) is 12.8. The summed E-state index contributed by atoms with van der Waals surface area (Å²) in [6.07, 6.45) is 13.8. The minimum atomic E-state index is -0.691. The first kappa shape index (κ1) is 27.4. The molecule has 1 aromatic carbocycles. The second-order valence-corrected chi connectivity index (χ2v) is 12.8. The molecule has 0 amide bonds. The van der Waals surface area contributed by atoms with Crippen LogP contribution in [0, 0.1) is 11.8 Å². The van der Waals surface area contributed by atoms with Crippen molar-refractivity contribution in [3.05, 3.63) is 40.3 Å². The average Bonchev–Trinajstić information content (AvgIpc) is 3.08. The highest BCUT2D eigenvalue weighted by Crippen LogP contribution is 2.47. The number of aromatic nitrogens is 2. The molecule has 0 spiro atoms. The van der Waals surface area contributed by atoms with Crippen LogP contribution in [-0.2, 0) is 14.4 Å². The van der Waals surface area contributed by atoms with Gasteiger partial charge >= 0.3 is 5.97 Å². The molecule has 6 rings (SSSR count). The molecular formula is C32H44N4O4. The van der Waals surface area contributed by atoms with Crippen molar-refractivity contribution in [1.82, 2.24) is 14.5 Å². The lowest BCUT2D eigenvalue weighted by atomic mass is 9.76. The van der Waals surface area contributed by atoms with Gasteiger partial charge < -0.3 is 14.1 Å². The van der Waals surface area contributed by atoms with Crippen molar-refractivity contribution in [2.75, 3.05) is 6.61 Å². The summed E-state index contributed by atoms with van der Waals surface area (Å²) in [4.78, 5) is 40.1. The quantitative estimate of drug-likeness (QED) is 0.254. The highest BCUT2D eigenvalue weighted by molar-refractivity contribution is 6.42. The van der Waals surface area contributed by atoms with E-state index < -0.39 is 5.97 Å². The number of rotatable bonds is 7. The van der Waals surface area contributed by atoms with E-state index in [4.69, 9.17) is 9.57 Å². The monoisotopic (exact) mass is 548 g/mol. The maximum absolute atomic E-state index is 14.2. The Bertz CT molecular complexity index is 1290. The van der Waals surface area contributed by atoms with Crippen LogP contribution in [-0.4, -0.2) is 57.0 Å². The van der Waals surface area contributed by atoms with Crippen molar-refractivity contribution < 1.29 is 14.4 Å². The minimum absolute atomic E-state index is 0.00364. The van der Waals surface area contributed by atoms with Gasteiger partial charge in [0.05, 0.1) is 17.6 Å². The molecule has 4 bridgehead atoms. The molecule has 216 valence electrons. The predicted molar refractivity (Wildman–Crippen MR) is 155 cm³/mol. The zero-order chi connectivity index (χ0) is 27.8. The highest BCUT2D eigenvalue weighted by Gasteiger charge is 2.47. The first-order valence-corrected chi connectivity index (χ1v) is 15.6. The van der Waals surface area contributed by atoms with Gasteiger partial charge in [0.15, 0.2) is 5.69 Å². The van der Waals surface area contributed by atoms with Crippen molar-refractivity contribution in [3.63, 3.8) is 0 Å². The van der Waals surface area contributed by atoms with Crippen molar-refractivity contribution in [1.29, 1.82) is 0 Å². The van der Waals surface area contributed by atoms with E-state index in [1.165, 1.54) is 57.8 Å². The average molecular weight is 549 g/mol. The number of hydrogen-bond acceptors (Lipinski definition) is 7. The van der Waals surface area contributed by atoms with Gasteiger partial charge in [-0.05, 0) is 89.7 Å². The topological polar surface area (TPSA) is 86.0 Å². The molecule has 2 saturated carbocycles. The largest absolute Gasteiger partial charge is 0.461 e. The molecule has 5 atom stereocenters. The Balaban J connectivity index is 1.34. The lowest BCUT2D eigenvalue weighted by molar-refractivity contribution is -0.135. The SMILES string of the molecule is CCOC(=O)/C(=N/OC(C)C)c1nc2ccccc2n([C@H]2C[C@H]3CC[C@@H](C2)N3C2CC3CCCCC(C3)C2)c1=O. The van der Waals surface area contributed by atoms with Gasteiger partial charge in [0, 0.05) is 24.2 Å². The van der Waals surface area contributed by atoms with Crippen LogP contribution in [0.5, 0.6) is 0 Å². The minimum Gasteiger partial charge on any atom is -0.461 e. The fourth-order valence-electron chi connectivity index (χ4n) is 8.31. The Morgan fingerprint density at radius 1 is 0.950 bits per heavy atom. The number of benzene rings is 1. The van der Waals surface area contributed by atoms with E-state index in [9.17, 15) is 9.59 Å². The van der Waals surface area contributed by atoms with E-state index in [1.54, 1.807) is 6.92 Å². The number of ether oxygens (including phenoxy) is 1. The summed E-state index contributed by atoms with van der Waals surface area (Å²) in [7, 11) is 0. The molecule has 0 N–H and O–H groups in total. The van der Waals surface area contributed by atoms with Crippen LogP contribution in [0.15, 0.2) is 34.2 Å². The maximum atomic E-state index is 14.2. The first-order valence-electron chi connectivity index (χ1n) is 15.6. The van der Waals surface area contributed by atoms with E-state index in [1.807, 2.05) is 42.7 Å². The molecule has 2 aliphatic carbocycles. The maximum Gasteiger partial charge on any atom is 0.362 e. The third-order valence-corrected chi connectivity index (χ3v) is 9.75. The number of esters is 1. The predicted octanol–water partition coefficient (Wildman–Crippen LogP) is 5.62. The fraction of sp³-hybridized carbons (Fsp3) is 0.688. The molecule has 8 nitrogen and oxygen atoms in total. The van der Waals surface area contributed by atoms with Crippen LogP contribution in [0.3, 0.4) is 0 Å². The zero-order valence-electron chi connectivity index (χ0n) is 24.3. The van der Waals surface area contributed by atoms with Crippen molar-refractivity contribution in [2.24, 2.45) is 17.0 Å². The molecule has 8 heteroatoms. The van der Waals surface area contributed by atoms with Crippen LogP contribution >= 0.6 is 0 Å². The Morgan fingerprint density at radius 2 is 1.62 bits per heavy atom. The molecule has 2 aliphatic heterocycles. The number of carbonyl (C=O) groups is 1. The van der Waals surface area contributed by atoms with Gasteiger partial charge in [-0.15, -0.1) is 0 Å². The lowest BCUT2D eigenvalue weighted by Crippen LogP contribution is -2.52. The van der Waals surface area contributed by atoms with Gasteiger partial charge in [0.2, 0.25) is 5.71 Å². The molecule has 2 aromatic rings. The standard InChI is InChI=1S/C32H44N4O4/c1-4-39-32(38)30(34-40-20(2)3)29-31(37)36(28-12-8-7-11-27(28)33-29)26-18-23-13-14-24(19-26)35(23)25-16-21-9-5-6-10-22(15-21)17-25/h7-8,11-12,20-26H,4-6,9-10,13-19H2,1-3H3/b34-30+/t21?,22?,23-,24+,25?,26+. The number of fused-ring (bicyclic) bond motifs is 5. The Hall–Kier alpha value is -2.74. The molecule has 4 fully saturated rings. The van der Waals surface area contributed by atoms with Gasteiger partial charge in [-0.2, -0.15) is 0 Å². The summed E-state index contributed by atoms with van der Waals surface area (Å²) < 4.78 is 7.17. The molecule has 40 heavy (non-hydrogen) atoms. The summed E-state index contributed by atoms with van der Waals surface area (Å²) in [5, 5.41) is 4.07. The molecule has 2 unspecified atom stereocenters.